The Kier molecular flexibility index (Phi) is 5.07. The van der Waals surface area contributed by atoms with Crippen molar-refractivity contribution in [2.24, 2.45) is 0 Å². The van der Waals surface area contributed by atoms with Crippen molar-refractivity contribution in [1.29, 1.82) is 0 Å². The van der Waals surface area contributed by atoms with Gasteiger partial charge in [-0.1, -0.05) is 34.1 Å². The lowest BCUT2D eigenvalue weighted by Crippen LogP contribution is -2.19. The maximum absolute atomic E-state index is 5.58. The van der Waals surface area contributed by atoms with Crippen LogP contribution in [0, 0.1) is 20.8 Å². The Balaban J connectivity index is 2.55. The van der Waals surface area contributed by atoms with Gasteiger partial charge in [-0.3, -0.25) is 0 Å². The fourth-order valence-corrected chi connectivity index (χ4v) is 2.88. The zero-order chi connectivity index (χ0) is 15.6. The van der Waals surface area contributed by atoms with Gasteiger partial charge in [0.1, 0.15) is 5.75 Å². The minimum Gasteiger partial charge on any atom is -0.496 e. The second kappa shape index (κ2) is 6.63. The molecule has 0 aromatic heterocycles. The molecule has 2 rings (SSSR count). The summed E-state index contributed by atoms with van der Waals surface area (Å²) in [5, 5.41) is 3.40. The maximum Gasteiger partial charge on any atom is 0.124 e. The molecule has 0 fully saturated rings. The lowest BCUT2D eigenvalue weighted by atomic mass is 9.94. The fraction of sp³-hybridized carbons (Fsp3) is 0.333. The van der Waals surface area contributed by atoms with Crippen molar-refractivity contribution in [3.05, 3.63) is 62.6 Å². The van der Waals surface area contributed by atoms with Gasteiger partial charge in [-0.2, -0.15) is 0 Å². The van der Waals surface area contributed by atoms with E-state index in [1.165, 1.54) is 22.3 Å². The molecular formula is C18H22BrNO. The van der Waals surface area contributed by atoms with E-state index in [0.29, 0.717) is 0 Å². The number of methoxy groups -OCH3 is 1. The molecule has 2 aromatic rings. The molecule has 2 nitrogen and oxygen atoms in total. The van der Waals surface area contributed by atoms with Crippen LogP contribution in [0.25, 0.3) is 0 Å². The molecule has 0 radical (unpaired) electrons. The standard InChI is InChI=1S/C18H22BrNO/c1-11-6-7-14(8-12(11)2)18(20-4)15-10-16(19)13(3)9-17(15)21-5/h6-10,18,20H,1-5H3. The highest BCUT2D eigenvalue weighted by Crippen LogP contribution is 2.34. The average Bonchev–Trinajstić information content (AvgIpc) is 2.46. The van der Waals surface area contributed by atoms with Gasteiger partial charge in [0.15, 0.2) is 0 Å². The third-order valence-corrected chi connectivity index (χ3v) is 4.83. The number of ether oxygens (including phenoxy) is 1. The van der Waals surface area contributed by atoms with Gasteiger partial charge in [0, 0.05) is 10.0 Å². The molecule has 0 spiro atoms. The highest BCUT2D eigenvalue weighted by molar-refractivity contribution is 9.10. The summed E-state index contributed by atoms with van der Waals surface area (Å²) < 4.78 is 6.68. The Labute approximate surface area is 135 Å². The molecule has 0 aliphatic heterocycles. The topological polar surface area (TPSA) is 21.3 Å². The van der Waals surface area contributed by atoms with Crippen LogP contribution in [0.15, 0.2) is 34.8 Å². The molecule has 0 bridgehead atoms. The number of nitrogens with one attached hydrogen (secondary N) is 1. The van der Waals surface area contributed by atoms with Crippen molar-refractivity contribution in [2.75, 3.05) is 14.2 Å². The van der Waals surface area contributed by atoms with Crippen molar-refractivity contribution in [3.63, 3.8) is 0 Å². The Bertz CT molecular complexity index is 652. The molecule has 21 heavy (non-hydrogen) atoms. The maximum atomic E-state index is 5.58. The van der Waals surface area contributed by atoms with Crippen molar-refractivity contribution in [1.82, 2.24) is 5.32 Å². The Hall–Kier alpha value is -1.32. The summed E-state index contributed by atoms with van der Waals surface area (Å²) in [6, 6.07) is 10.9. The number of aryl methyl sites for hydroxylation is 3. The number of benzene rings is 2. The second-order valence-corrected chi connectivity index (χ2v) is 6.26. The van der Waals surface area contributed by atoms with E-state index in [2.05, 4.69) is 72.3 Å². The summed E-state index contributed by atoms with van der Waals surface area (Å²) in [5.41, 5.74) is 6.17. The van der Waals surface area contributed by atoms with Gasteiger partial charge in [-0.15, -0.1) is 0 Å². The summed E-state index contributed by atoms with van der Waals surface area (Å²) in [7, 11) is 3.70. The van der Waals surface area contributed by atoms with Crippen LogP contribution in [0.4, 0.5) is 0 Å². The molecule has 0 saturated carbocycles. The monoisotopic (exact) mass is 347 g/mol. The van der Waals surface area contributed by atoms with Crippen LogP contribution < -0.4 is 10.1 Å². The zero-order valence-electron chi connectivity index (χ0n) is 13.3. The normalized spacial score (nSPS) is 12.3. The van der Waals surface area contributed by atoms with Gasteiger partial charge in [0.25, 0.3) is 0 Å². The molecular weight excluding hydrogens is 326 g/mol. The van der Waals surface area contributed by atoms with E-state index in [-0.39, 0.29) is 6.04 Å². The van der Waals surface area contributed by atoms with Crippen LogP contribution in [0.2, 0.25) is 0 Å². The van der Waals surface area contributed by atoms with Crippen molar-refractivity contribution < 1.29 is 4.74 Å². The van der Waals surface area contributed by atoms with Crippen LogP contribution in [0.5, 0.6) is 5.75 Å². The van der Waals surface area contributed by atoms with E-state index in [1.54, 1.807) is 7.11 Å². The molecule has 0 aliphatic rings. The summed E-state index contributed by atoms with van der Waals surface area (Å²) in [6.07, 6.45) is 0. The van der Waals surface area contributed by atoms with Gasteiger partial charge in [-0.25, -0.2) is 0 Å². The van der Waals surface area contributed by atoms with Crippen LogP contribution >= 0.6 is 15.9 Å². The minimum absolute atomic E-state index is 0.108. The molecule has 0 heterocycles. The van der Waals surface area contributed by atoms with Gasteiger partial charge >= 0.3 is 0 Å². The Morgan fingerprint density at radius 2 is 1.71 bits per heavy atom. The number of hydrogen-bond acceptors (Lipinski definition) is 2. The molecule has 0 saturated heterocycles. The number of rotatable bonds is 4. The highest BCUT2D eigenvalue weighted by atomic mass is 79.9. The van der Waals surface area contributed by atoms with E-state index in [9.17, 15) is 0 Å². The van der Waals surface area contributed by atoms with Gasteiger partial charge < -0.3 is 10.1 Å². The average molecular weight is 348 g/mol. The Morgan fingerprint density at radius 3 is 2.29 bits per heavy atom. The predicted octanol–water partition coefficient (Wildman–Crippen LogP) is 4.69. The van der Waals surface area contributed by atoms with Gasteiger partial charge in [-0.05, 0) is 62.2 Å². The van der Waals surface area contributed by atoms with E-state index in [0.717, 1.165) is 15.8 Å². The first-order valence-corrected chi connectivity index (χ1v) is 7.85. The third-order valence-electron chi connectivity index (χ3n) is 3.97. The summed E-state index contributed by atoms with van der Waals surface area (Å²) in [6.45, 7) is 6.35. The molecule has 1 atom stereocenters. The first kappa shape index (κ1) is 16.1. The molecule has 2 aromatic carbocycles. The van der Waals surface area contributed by atoms with Gasteiger partial charge in [0.2, 0.25) is 0 Å². The largest absolute Gasteiger partial charge is 0.496 e. The first-order valence-electron chi connectivity index (χ1n) is 7.06. The molecule has 1 N–H and O–H groups in total. The summed E-state index contributed by atoms with van der Waals surface area (Å²) >= 11 is 3.62. The van der Waals surface area contributed by atoms with Crippen LogP contribution in [0.1, 0.15) is 33.9 Å². The highest BCUT2D eigenvalue weighted by Gasteiger charge is 2.18. The third kappa shape index (κ3) is 3.30. The van der Waals surface area contributed by atoms with E-state index in [4.69, 9.17) is 4.74 Å². The SMILES string of the molecule is CNC(c1ccc(C)c(C)c1)c1cc(Br)c(C)cc1OC. The molecule has 3 heteroatoms. The van der Waals surface area contributed by atoms with Crippen LogP contribution in [-0.2, 0) is 0 Å². The lowest BCUT2D eigenvalue weighted by molar-refractivity contribution is 0.405. The quantitative estimate of drug-likeness (QED) is 0.865. The van der Waals surface area contributed by atoms with Crippen molar-refractivity contribution in [3.8, 4) is 5.75 Å². The number of halogens is 1. The molecule has 0 aliphatic carbocycles. The first-order chi connectivity index (χ1) is 9.97. The lowest BCUT2D eigenvalue weighted by Gasteiger charge is -2.22. The fourth-order valence-electron chi connectivity index (χ4n) is 2.52. The van der Waals surface area contributed by atoms with E-state index >= 15 is 0 Å². The zero-order valence-corrected chi connectivity index (χ0v) is 14.8. The molecule has 0 amide bonds. The number of hydrogen-bond donors (Lipinski definition) is 1. The van der Waals surface area contributed by atoms with E-state index < -0.39 is 0 Å². The smallest absolute Gasteiger partial charge is 0.124 e. The molecule has 112 valence electrons. The Morgan fingerprint density at radius 1 is 1.00 bits per heavy atom. The second-order valence-electron chi connectivity index (χ2n) is 5.41. The van der Waals surface area contributed by atoms with Crippen molar-refractivity contribution in [2.45, 2.75) is 26.8 Å². The summed E-state index contributed by atoms with van der Waals surface area (Å²) in [4.78, 5) is 0. The summed E-state index contributed by atoms with van der Waals surface area (Å²) in [5.74, 6) is 0.910. The molecule has 1 unspecified atom stereocenters. The van der Waals surface area contributed by atoms with Crippen LogP contribution in [0.3, 0.4) is 0 Å². The van der Waals surface area contributed by atoms with Gasteiger partial charge in [0.05, 0.1) is 13.2 Å². The van der Waals surface area contributed by atoms with E-state index in [1.807, 2.05) is 7.05 Å². The van der Waals surface area contributed by atoms with Crippen molar-refractivity contribution >= 4 is 15.9 Å². The van der Waals surface area contributed by atoms with Crippen LogP contribution in [-0.4, -0.2) is 14.2 Å². The predicted molar refractivity (Wildman–Crippen MR) is 92.2 cm³/mol. The minimum atomic E-state index is 0.108.